The van der Waals surface area contributed by atoms with E-state index in [0.717, 1.165) is 11.4 Å². The Morgan fingerprint density at radius 1 is 0.735 bits per heavy atom. The van der Waals surface area contributed by atoms with Gasteiger partial charge >= 0.3 is 0 Å². The van der Waals surface area contributed by atoms with Crippen molar-refractivity contribution in [3.8, 4) is 11.4 Å². The lowest BCUT2D eigenvalue weighted by Crippen LogP contribution is -2.16. The molecule has 2 amide bonds. The molecule has 0 saturated carbocycles. The van der Waals surface area contributed by atoms with Gasteiger partial charge in [-0.05, 0) is 60.7 Å². The zero-order valence-corrected chi connectivity index (χ0v) is 18.2. The minimum absolute atomic E-state index is 0.137. The largest absolute Gasteiger partial charge is 0.321 e. The van der Waals surface area contributed by atoms with Gasteiger partial charge in [-0.3, -0.25) is 14.3 Å². The first-order chi connectivity index (χ1) is 16.6. The van der Waals surface area contributed by atoms with Gasteiger partial charge in [0.2, 0.25) is 0 Å². The van der Waals surface area contributed by atoms with Crippen molar-refractivity contribution in [2.24, 2.45) is 7.05 Å². The number of carbonyl (C=O) groups excluding carboxylic acids is 2. The van der Waals surface area contributed by atoms with Crippen molar-refractivity contribution in [1.82, 2.24) is 29.3 Å². The Bertz CT molecular complexity index is 1420. The Morgan fingerprint density at radius 3 is 1.71 bits per heavy atom. The van der Waals surface area contributed by atoms with Crippen molar-refractivity contribution in [1.29, 1.82) is 0 Å². The molecule has 2 aromatic carbocycles. The van der Waals surface area contributed by atoms with E-state index in [1.54, 1.807) is 53.1 Å². The number of amides is 2. The molecule has 0 fully saturated rings. The van der Waals surface area contributed by atoms with Crippen LogP contribution in [0.25, 0.3) is 11.4 Å². The number of benzene rings is 2. The maximum absolute atomic E-state index is 12.8. The summed E-state index contributed by atoms with van der Waals surface area (Å²) < 4.78 is 4.83. The minimum atomic E-state index is -0.412. The lowest BCUT2D eigenvalue weighted by Gasteiger charge is -2.06. The Labute approximate surface area is 194 Å². The lowest BCUT2D eigenvalue weighted by molar-refractivity contribution is 0.101. The summed E-state index contributed by atoms with van der Waals surface area (Å²) in [6, 6.07) is 19.6. The summed E-state index contributed by atoms with van der Waals surface area (Å²) in [5.41, 5.74) is 3.37. The van der Waals surface area contributed by atoms with Crippen LogP contribution in [0.15, 0.2) is 91.5 Å². The van der Waals surface area contributed by atoms with Crippen LogP contribution >= 0.6 is 0 Å². The molecule has 5 aromatic rings. The van der Waals surface area contributed by atoms with E-state index < -0.39 is 5.91 Å². The normalized spacial score (nSPS) is 10.7. The average molecular weight is 452 g/mol. The van der Waals surface area contributed by atoms with Crippen molar-refractivity contribution >= 4 is 23.2 Å². The summed E-state index contributed by atoms with van der Waals surface area (Å²) in [4.78, 5) is 25.4. The summed E-state index contributed by atoms with van der Waals surface area (Å²) in [5.74, 6) is -0.783. The Hall–Kier alpha value is -4.99. The first kappa shape index (κ1) is 20.9. The fraction of sp³-hybridized carbons (Fsp3) is 0.0417. The van der Waals surface area contributed by atoms with Gasteiger partial charge in [0, 0.05) is 49.3 Å². The molecule has 0 aliphatic heterocycles. The molecule has 0 aliphatic carbocycles. The van der Waals surface area contributed by atoms with Crippen LogP contribution < -0.4 is 10.6 Å². The highest BCUT2D eigenvalue weighted by atomic mass is 16.2. The van der Waals surface area contributed by atoms with Crippen LogP contribution in [-0.2, 0) is 7.05 Å². The number of nitrogens with zero attached hydrogens (tertiary/aromatic N) is 6. The molecule has 0 saturated heterocycles. The van der Waals surface area contributed by atoms with Crippen molar-refractivity contribution in [2.45, 2.75) is 0 Å². The van der Waals surface area contributed by atoms with Gasteiger partial charge in [0.1, 0.15) is 5.69 Å². The monoisotopic (exact) mass is 452 g/mol. The standard InChI is InChI=1S/C24H20N8O2/c1-30-22(24(34)28-18-6-10-20(11-7-18)32-15-3-13-26-32)16-21(29-30)23(33)27-17-4-8-19(9-5-17)31-14-2-12-25-31/h2-16H,1H3,(H,27,33)(H,28,34). The van der Waals surface area contributed by atoms with Crippen LogP contribution in [0.3, 0.4) is 0 Å². The number of rotatable bonds is 6. The second-order valence-corrected chi connectivity index (χ2v) is 7.44. The number of aryl methyl sites for hydroxylation is 1. The third-order valence-electron chi connectivity index (χ3n) is 5.13. The third kappa shape index (κ3) is 4.32. The fourth-order valence-electron chi connectivity index (χ4n) is 3.42. The van der Waals surface area contributed by atoms with Gasteiger partial charge in [-0.1, -0.05) is 0 Å². The van der Waals surface area contributed by atoms with Crippen LogP contribution in [0, 0.1) is 0 Å². The van der Waals surface area contributed by atoms with Gasteiger partial charge in [-0.2, -0.15) is 15.3 Å². The second-order valence-electron chi connectivity index (χ2n) is 7.44. The van der Waals surface area contributed by atoms with E-state index in [4.69, 9.17) is 0 Å². The van der Waals surface area contributed by atoms with Gasteiger partial charge in [-0.25, -0.2) is 9.36 Å². The predicted octanol–water partition coefficient (Wildman–Crippen LogP) is 3.30. The van der Waals surface area contributed by atoms with Crippen LogP contribution in [0.2, 0.25) is 0 Å². The average Bonchev–Trinajstić information content (AvgIpc) is 3.62. The molecule has 0 bridgehead atoms. The van der Waals surface area contributed by atoms with Crippen LogP contribution in [0.1, 0.15) is 21.0 Å². The molecule has 0 atom stereocenters. The van der Waals surface area contributed by atoms with Crippen LogP contribution in [0.4, 0.5) is 11.4 Å². The lowest BCUT2D eigenvalue weighted by atomic mass is 10.2. The van der Waals surface area contributed by atoms with Gasteiger partial charge in [0.25, 0.3) is 11.8 Å². The third-order valence-corrected chi connectivity index (χ3v) is 5.13. The molecule has 2 N–H and O–H groups in total. The number of anilines is 2. The Morgan fingerprint density at radius 2 is 1.24 bits per heavy atom. The van der Waals surface area contributed by atoms with E-state index in [2.05, 4.69) is 25.9 Å². The van der Waals surface area contributed by atoms with E-state index in [1.807, 2.05) is 48.8 Å². The molecule has 34 heavy (non-hydrogen) atoms. The molecular formula is C24H20N8O2. The molecule has 10 heteroatoms. The number of nitrogens with one attached hydrogen (secondary N) is 2. The van der Waals surface area contributed by atoms with Crippen LogP contribution in [-0.4, -0.2) is 41.2 Å². The van der Waals surface area contributed by atoms with Gasteiger partial charge < -0.3 is 10.6 Å². The molecule has 10 nitrogen and oxygen atoms in total. The molecular weight excluding hydrogens is 432 g/mol. The molecule has 3 heterocycles. The maximum atomic E-state index is 12.8. The molecule has 0 unspecified atom stereocenters. The first-order valence-electron chi connectivity index (χ1n) is 10.4. The van der Waals surface area contributed by atoms with Crippen molar-refractivity contribution in [2.75, 3.05) is 10.6 Å². The molecule has 168 valence electrons. The van der Waals surface area contributed by atoms with Crippen molar-refractivity contribution in [3.63, 3.8) is 0 Å². The predicted molar refractivity (Wildman–Crippen MR) is 126 cm³/mol. The summed E-state index contributed by atoms with van der Waals surface area (Å²) in [6.07, 6.45) is 7.06. The summed E-state index contributed by atoms with van der Waals surface area (Å²) in [6.45, 7) is 0. The topological polar surface area (TPSA) is 112 Å². The second kappa shape index (κ2) is 8.87. The quantitative estimate of drug-likeness (QED) is 0.411. The fourth-order valence-corrected chi connectivity index (χ4v) is 3.42. The van der Waals surface area contributed by atoms with E-state index in [9.17, 15) is 9.59 Å². The van der Waals surface area contributed by atoms with Gasteiger partial charge in [0.15, 0.2) is 5.69 Å². The highest BCUT2D eigenvalue weighted by molar-refractivity contribution is 6.07. The number of hydrogen-bond donors (Lipinski definition) is 2. The molecule has 5 rings (SSSR count). The maximum Gasteiger partial charge on any atom is 0.276 e. The van der Waals surface area contributed by atoms with E-state index in [1.165, 1.54) is 10.7 Å². The minimum Gasteiger partial charge on any atom is -0.321 e. The summed E-state index contributed by atoms with van der Waals surface area (Å²) in [7, 11) is 1.62. The van der Waals surface area contributed by atoms with E-state index in [-0.39, 0.29) is 17.3 Å². The zero-order valence-electron chi connectivity index (χ0n) is 18.2. The molecule has 0 spiro atoms. The number of carbonyl (C=O) groups is 2. The number of hydrogen-bond acceptors (Lipinski definition) is 5. The number of aromatic nitrogens is 6. The highest BCUT2D eigenvalue weighted by Gasteiger charge is 2.18. The van der Waals surface area contributed by atoms with E-state index in [0.29, 0.717) is 11.4 Å². The van der Waals surface area contributed by atoms with Crippen LogP contribution in [0.5, 0.6) is 0 Å². The van der Waals surface area contributed by atoms with Gasteiger partial charge in [0.05, 0.1) is 11.4 Å². The van der Waals surface area contributed by atoms with Gasteiger partial charge in [-0.15, -0.1) is 0 Å². The smallest absolute Gasteiger partial charge is 0.276 e. The summed E-state index contributed by atoms with van der Waals surface area (Å²) in [5, 5.41) is 18.2. The first-order valence-corrected chi connectivity index (χ1v) is 10.4. The molecule has 0 radical (unpaired) electrons. The SMILES string of the molecule is Cn1nc(C(=O)Nc2ccc(-n3cccn3)cc2)cc1C(=O)Nc1ccc(-n2cccn2)cc1. The Kier molecular flexibility index (Phi) is 5.45. The highest BCUT2D eigenvalue weighted by Crippen LogP contribution is 2.16. The molecule has 3 aromatic heterocycles. The Balaban J connectivity index is 1.25. The van der Waals surface area contributed by atoms with E-state index >= 15 is 0 Å². The zero-order chi connectivity index (χ0) is 23.5. The molecule has 0 aliphatic rings. The summed E-state index contributed by atoms with van der Waals surface area (Å²) >= 11 is 0. The van der Waals surface area contributed by atoms with Crippen molar-refractivity contribution in [3.05, 3.63) is 103 Å². The van der Waals surface area contributed by atoms with Crippen molar-refractivity contribution < 1.29 is 9.59 Å².